The van der Waals surface area contributed by atoms with Gasteiger partial charge in [-0.15, -0.1) is 0 Å². The Kier molecular flexibility index (Phi) is 7.10. The number of aromatic nitrogens is 1. The van der Waals surface area contributed by atoms with Gasteiger partial charge in [0.1, 0.15) is 11.7 Å². The Labute approximate surface area is 166 Å². The number of esters is 1. The third kappa shape index (κ3) is 5.37. The summed E-state index contributed by atoms with van der Waals surface area (Å²) < 4.78 is 4.69. The largest absolute Gasteiger partial charge is 0.467 e. The summed E-state index contributed by atoms with van der Waals surface area (Å²) in [5.74, 6) is -1.39. The van der Waals surface area contributed by atoms with Crippen molar-refractivity contribution in [3.05, 3.63) is 33.9 Å². The molecule has 2 rings (SSSR count). The molecule has 7 nitrogen and oxygen atoms in total. The minimum absolute atomic E-state index is 0.133. The van der Waals surface area contributed by atoms with E-state index in [-0.39, 0.29) is 23.2 Å². The first-order chi connectivity index (χ1) is 12.7. The van der Waals surface area contributed by atoms with E-state index in [4.69, 9.17) is 27.9 Å². The predicted octanol–water partition coefficient (Wildman–Crippen LogP) is 2.91. The van der Waals surface area contributed by atoms with Crippen LogP contribution in [0.3, 0.4) is 0 Å². The molecule has 0 aliphatic rings. The van der Waals surface area contributed by atoms with E-state index in [9.17, 15) is 14.4 Å². The molecule has 3 N–H and O–H groups in total. The Morgan fingerprint density at radius 2 is 1.93 bits per heavy atom. The van der Waals surface area contributed by atoms with E-state index in [1.54, 1.807) is 18.2 Å². The van der Waals surface area contributed by atoms with Crippen LogP contribution in [-0.4, -0.2) is 42.5 Å². The average molecular weight is 414 g/mol. The molecular weight excluding hydrogens is 393 g/mol. The van der Waals surface area contributed by atoms with E-state index in [1.165, 1.54) is 7.11 Å². The van der Waals surface area contributed by atoms with Gasteiger partial charge in [0.25, 0.3) is 5.91 Å². The molecule has 0 bridgehead atoms. The summed E-state index contributed by atoms with van der Waals surface area (Å²) in [6.07, 6.45) is 0.432. The van der Waals surface area contributed by atoms with Crippen molar-refractivity contribution in [3.63, 3.8) is 0 Å². The summed E-state index contributed by atoms with van der Waals surface area (Å²) in [6.45, 7) is 3.54. The van der Waals surface area contributed by atoms with Gasteiger partial charge in [-0.2, -0.15) is 0 Å². The number of carbonyl (C=O) groups excluding carboxylic acids is 3. The zero-order chi connectivity index (χ0) is 20.1. The van der Waals surface area contributed by atoms with Gasteiger partial charge in [-0.1, -0.05) is 37.0 Å². The van der Waals surface area contributed by atoms with E-state index in [2.05, 4.69) is 15.6 Å². The number of fused-ring (bicyclic) bond motifs is 1. The van der Waals surface area contributed by atoms with E-state index in [0.29, 0.717) is 22.3 Å². The molecule has 1 heterocycles. The summed E-state index contributed by atoms with van der Waals surface area (Å²) in [5.41, 5.74) is 0.787. The third-order valence-electron chi connectivity index (χ3n) is 3.86. The second-order valence-electron chi connectivity index (χ2n) is 6.46. The van der Waals surface area contributed by atoms with Gasteiger partial charge in [0.15, 0.2) is 0 Å². The number of amides is 2. The van der Waals surface area contributed by atoms with Gasteiger partial charge in [0, 0.05) is 15.9 Å². The van der Waals surface area contributed by atoms with Crippen LogP contribution in [0.2, 0.25) is 10.0 Å². The summed E-state index contributed by atoms with van der Waals surface area (Å²) >= 11 is 12.2. The lowest BCUT2D eigenvalue weighted by atomic mass is 10.0. The van der Waals surface area contributed by atoms with Crippen molar-refractivity contribution in [2.45, 2.75) is 26.3 Å². The maximum Gasteiger partial charge on any atom is 0.328 e. The van der Waals surface area contributed by atoms with Crippen LogP contribution < -0.4 is 10.6 Å². The fourth-order valence-electron chi connectivity index (χ4n) is 2.61. The molecule has 146 valence electrons. The number of hydrogen-bond acceptors (Lipinski definition) is 4. The number of benzene rings is 1. The van der Waals surface area contributed by atoms with Gasteiger partial charge in [0.05, 0.1) is 18.7 Å². The van der Waals surface area contributed by atoms with Gasteiger partial charge in [-0.05, 0) is 30.5 Å². The van der Waals surface area contributed by atoms with E-state index < -0.39 is 23.8 Å². The highest BCUT2D eigenvalue weighted by atomic mass is 35.5. The third-order valence-corrected chi connectivity index (χ3v) is 4.49. The van der Waals surface area contributed by atoms with Crippen LogP contribution >= 0.6 is 23.2 Å². The van der Waals surface area contributed by atoms with Gasteiger partial charge in [-0.25, -0.2) is 4.79 Å². The topological polar surface area (TPSA) is 100 Å². The Balaban J connectivity index is 2.01. The van der Waals surface area contributed by atoms with Gasteiger partial charge >= 0.3 is 5.97 Å². The number of halogens is 2. The van der Waals surface area contributed by atoms with Crippen LogP contribution in [-0.2, 0) is 14.3 Å². The zero-order valence-corrected chi connectivity index (χ0v) is 16.7. The van der Waals surface area contributed by atoms with Crippen molar-refractivity contribution in [1.29, 1.82) is 0 Å². The van der Waals surface area contributed by atoms with Crippen LogP contribution in [0.4, 0.5) is 0 Å². The highest BCUT2D eigenvalue weighted by Gasteiger charge is 2.23. The fraction of sp³-hybridized carbons (Fsp3) is 0.389. The fourth-order valence-corrected chi connectivity index (χ4v) is 3.07. The van der Waals surface area contributed by atoms with E-state index in [0.717, 1.165) is 0 Å². The van der Waals surface area contributed by atoms with Crippen molar-refractivity contribution in [2.24, 2.45) is 5.92 Å². The first-order valence-corrected chi connectivity index (χ1v) is 9.10. The highest BCUT2D eigenvalue weighted by Crippen LogP contribution is 2.29. The molecule has 1 atom stereocenters. The number of H-pyrrole nitrogens is 1. The van der Waals surface area contributed by atoms with Crippen LogP contribution in [0.1, 0.15) is 30.8 Å². The van der Waals surface area contributed by atoms with Crippen molar-refractivity contribution in [3.8, 4) is 0 Å². The summed E-state index contributed by atoms with van der Waals surface area (Å²) in [5, 5.41) is 6.37. The summed E-state index contributed by atoms with van der Waals surface area (Å²) in [4.78, 5) is 39.1. The first-order valence-electron chi connectivity index (χ1n) is 8.35. The Bertz CT molecular complexity index is 864. The molecule has 1 aromatic carbocycles. The number of carbonyl (C=O) groups is 3. The summed E-state index contributed by atoms with van der Waals surface area (Å²) in [6, 6.07) is 4.26. The highest BCUT2D eigenvalue weighted by molar-refractivity contribution is 6.39. The molecule has 27 heavy (non-hydrogen) atoms. The molecular formula is C18H21Cl2N3O4. The summed E-state index contributed by atoms with van der Waals surface area (Å²) in [7, 11) is 1.26. The lowest BCUT2D eigenvalue weighted by molar-refractivity contribution is -0.145. The van der Waals surface area contributed by atoms with Crippen molar-refractivity contribution < 1.29 is 19.1 Å². The van der Waals surface area contributed by atoms with Gasteiger partial charge in [-0.3, -0.25) is 9.59 Å². The molecule has 0 unspecified atom stereocenters. The van der Waals surface area contributed by atoms with Gasteiger partial charge in [0.2, 0.25) is 5.91 Å². The normalized spacial score (nSPS) is 12.1. The molecule has 0 spiro atoms. The maximum atomic E-state index is 12.3. The second kappa shape index (κ2) is 9.10. The number of aromatic amines is 1. The molecule has 2 aromatic rings. The Morgan fingerprint density at radius 3 is 2.56 bits per heavy atom. The van der Waals surface area contributed by atoms with Gasteiger partial charge < -0.3 is 20.4 Å². The molecule has 0 saturated carbocycles. The quantitative estimate of drug-likeness (QED) is 0.607. The monoisotopic (exact) mass is 413 g/mol. The smallest absolute Gasteiger partial charge is 0.328 e. The SMILES string of the molecule is COC(=O)[C@H](CC(C)C)NC(=O)CNC(=O)c1[nH]c2ccc(Cl)cc2c1Cl. The lowest BCUT2D eigenvalue weighted by Gasteiger charge is -2.18. The standard InChI is InChI=1S/C18H21Cl2N3O4/c1-9(2)6-13(18(26)27-3)22-14(24)8-21-17(25)16-15(20)11-7-10(19)4-5-12(11)23-16/h4-5,7,9,13,23H,6,8H2,1-3H3,(H,21,25)(H,22,24)/t13-/m0/s1. The minimum atomic E-state index is -0.766. The van der Waals surface area contributed by atoms with Crippen molar-refractivity contribution >= 4 is 51.9 Å². The average Bonchev–Trinajstić information content (AvgIpc) is 2.94. The van der Waals surface area contributed by atoms with E-state index in [1.807, 2.05) is 13.8 Å². The zero-order valence-electron chi connectivity index (χ0n) is 15.2. The molecule has 0 saturated heterocycles. The Morgan fingerprint density at radius 1 is 1.22 bits per heavy atom. The molecule has 0 fully saturated rings. The molecule has 9 heteroatoms. The van der Waals surface area contributed by atoms with Crippen molar-refractivity contribution in [2.75, 3.05) is 13.7 Å². The van der Waals surface area contributed by atoms with Crippen molar-refractivity contribution in [1.82, 2.24) is 15.6 Å². The number of nitrogens with one attached hydrogen (secondary N) is 3. The maximum absolute atomic E-state index is 12.3. The van der Waals surface area contributed by atoms with Crippen LogP contribution in [0.5, 0.6) is 0 Å². The van der Waals surface area contributed by atoms with Crippen LogP contribution in [0.25, 0.3) is 10.9 Å². The minimum Gasteiger partial charge on any atom is -0.467 e. The molecule has 0 aliphatic heterocycles. The molecule has 0 aliphatic carbocycles. The molecule has 0 radical (unpaired) electrons. The first kappa shape index (κ1) is 21.1. The number of ether oxygens (including phenoxy) is 1. The van der Waals surface area contributed by atoms with Crippen LogP contribution in [0, 0.1) is 5.92 Å². The second-order valence-corrected chi connectivity index (χ2v) is 7.27. The Hall–Kier alpha value is -2.25. The number of methoxy groups -OCH3 is 1. The lowest BCUT2D eigenvalue weighted by Crippen LogP contribution is -2.46. The number of rotatable bonds is 7. The number of hydrogen-bond donors (Lipinski definition) is 3. The molecule has 2 amide bonds. The predicted molar refractivity (Wildman–Crippen MR) is 104 cm³/mol. The molecule has 1 aromatic heterocycles. The van der Waals surface area contributed by atoms with E-state index >= 15 is 0 Å². The van der Waals surface area contributed by atoms with Crippen LogP contribution in [0.15, 0.2) is 18.2 Å².